The van der Waals surface area contributed by atoms with Crippen molar-refractivity contribution in [3.63, 3.8) is 0 Å². The van der Waals surface area contributed by atoms with Gasteiger partial charge in [-0.25, -0.2) is 12.8 Å². The van der Waals surface area contributed by atoms with Gasteiger partial charge in [-0.15, -0.1) is 0 Å². The fraction of sp³-hybridized carbons (Fsp3) is 0.208. The van der Waals surface area contributed by atoms with E-state index in [1.807, 2.05) is 18.2 Å². The first-order valence-electron chi connectivity index (χ1n) is 9.65. The summed E-state index contributed by atoms with van der Waals surface area (Å²) in [5.41, 5.74) is 1.80. The second kappa shape index (κ2) is 7.56. The number of hydrogen-bond acceptors (Lipinski definition) is 3. The van der Waals surface area contributed by atoms with E-state index in [1.54, 1.807) is 36.4 Å². The molecule has 1 fully saturated rings. The monoisotopic (exact) mass is 408 g/mol. The van der Waals surface area contributed by atoms with Crippen LogP contribution in [0.15, 0.2) is 83.8 Å². The molecule has 0 unspecified atom stereocenters. The summed E-state index contributed by atoms with van der Waals surface area (Å²) in [5.74, 6) is -0.563. The van der Waals surface area contributed by atoms with Crippen LogP contribution in [0.4, 0.5) is 4.39 Å². The number of hydrogen-bond donors (Lipinski definition) is 0. The third kappa shape index (κ3) is 3.40. The number of benzene rings is 3. The number of carbonyl (C=O) groups excluding carboxylic acids is 1. The van der Waals surface area contributed by atoms with E-state index < -0.39 is 20.4 Å². The second-order valence-corrected chi connectivity index (χ2v) is 9.69. The van der Waals surface area contributed by atoms with Gasteiger partial charge in [0.05, 0.1) is 4.90 Å². The number of sulfone groups is 1. The fourth-order valence-corrected chi connectivity index (χ4v) is 6.40. The molecule has 0 heterocycles. The normalized spacial score (nSPS) is 15.9. The largest absolute Gasteiger partial charge is 0.289 e. The molecule has 4 rings (SSSR count). The van der Waals surface area contributed by atoms with Crippen molar-refractivity contribution in [3.8, 4) is 0 Å². The summed E-state index contributed by atoms with van der Waals surface area (Å²) < 4.78 is 39.3. The first kappa shape index (κ1) is 19.5. The van der Waals surface area contributed by atoms with Crippen LogP contribution in [0, 0.1) is 5.82 Å². The zero-order valence-corrected chi connectivity index (χ0v) is 16.7. The Bertz CT molecular complexity index is 1110. The van der Waals surface area contributed by atoms with Crippen LogP contribution < -0.4 is 0 Å². The summed E-state index contributed by atoms with van der Waals surface area (Å²) in [6, 6.07) is 20.9. The predicted octanol–water partition coefficient (Wildman–Crippen LogP) is 5.30. The van der Waals surface area contributed by atoms with Gasteiger partial charge < -0.3 is 0 Å². The third-order valence-electron chi connectivity index (χ3n) is 5.76. The van der Waals surface area contributed by atoms with E-state index in [9.17, 15) is 17.6 Å². The molecule has 0 aromatic heterocycles. The van der Waals surface area contributed by atoms with Crippen molar-refractivity contribution in [1.29, 1.82) is 0 Å². The molecule has 0 saturated heterocycles. The highest BCUT2D eigenvalue weighted by molar-refractivity contribution is 7.92. The standard InChI is InChI=1S/C24H21FO3S/c25-21-12-14-22(15-13-21)29(27,28)24(16-4-5-17-24)20-10-8-19(9-11-20)23(26)18-6-2-1-3-7-18/h1-3,6-15H,4-5,16-17H2. The molecule has 29 heavy (non-hydrogen) atoms. The summed E-state index contributed by atoms with van der Waals surface area (Å²) in [6.07, 6.45) is 2.65. The highest BCUT2D eigenvalue weighted by atomic mass is 32.2. The Balaban J connectivity index is 1.72. The lowest BCUT2D eigenvalue weighted by Gasteiger charge is -2.29. The van der Waals surface area contributed by atoms with Crippen LogP contribution in [0.2, 0.25) is 0 Å². The zero-order chi connectivity index (χ0) is 20.5. The van der Waals surface area contributed by atoms with Crippen LogP contribution in [-0.4, -0.2) is 14.2 Å². The lowest BCUT2D eigenvalue weighted by molar-refractivity contribution is 0.103. The van der Waals surface area contributed by atoms with Crippen LogP contribution in [0.1, 0.15) is 47.2 Å². The Kier molecular flexibility index (Phi) is 5.09. The van der Waals surface area contributed by atoms with Crippen LogP contribution >= 0.6 is 0 Å². The number of halogens is 1. The Labute approximate surface area is 170 Å². The van der Waals surface area contributed by atoms with Crippen molar-refractivity contribution >= 4 is 15.6 Å². The minimum Gasteiger partial charge on any atom is -0.289 e. The van der Waals surface area contributed by atoms with Gasteiger partial charge >= 0.3 is 0 Å². The first-order valence-corrected chi connectivity index (χ1v) is 11.1. The predicted molar refractivity (Wildman–Crippen MR) is 110 cm³/mol. The average Bonchev–Trinajstić information content (AvgIpc) is 3.26. The van der Waals surface area contributed by atoms with Gasteiger partial charge in [0.15, 0.2) is 15.6 Å². The molecule has 0 atom stereocenters. The van der Waals surface area contributed by atoms with Crippen molar-refractivity contribution in [3.05, 3.63) is 101 Å². The van der Waals surface area contributed by atoms with Gasteiger partial charge in [-0.2, -0.15) is 0 Å². The minimum absolute atomic E-state index is 0.0981. The van der Waals surface area contributed by atoms with Gasteiger partial charge in [-0.05, 0) is 42.7 Å². The van der Waals surface area contributed by atoms with Crippen LogP contribution in [0.5, 0.6) is 0 Å². The molecule has 0 spiro atoms. The molecule has 0 amide bonds. The Morgan fingerprint density at radius 1 is 0.759 bits per heavy atom. The Hall–Kier alpha value is -2.79. The summed E-state index contributed by atoms with van der Waals surface area (Å²) in [4.78, 5) is 12.8. The van der Waals surface area contributed by atoms with E-state index in [4.69, 9.17) is 0 Å². The Morgan fingerprint density at radius 2 is 1.31 bits per heavy atom. The second-order valence-electron chi connectivity index (χ2n) is 7.43. The molecule has 0 radical (unpaired) electrons. The summed E-state index contributed by atoms with van der Waals surface area (Å²) in [6.45, 7) is 0. The van der Waals surface area contributed by atoms with Gasteiger partial charge in [0.1, 0.15) is 10.6 Å². The quantitative estimate of drug-likeness (QED) is 0.425. The van der Waals surface area contributed by atoms with E-state index in [-0.39, 0.29) is 10.7 Å². The van der Waals surface area contributed by atoms with Crippen molar-refractivity contribution < 1.29 is 17.6 Å². The van der Waals surface area contributed by atoms with Gasteiger partial charge in [0.25, 0.3) is 0 Å². The molecular weight excluding hydrogens is 387 g/mol. The van der Waals surface area contributed by atoms with Crippen molar-refractivity contribution in [2.45, 2.75) is 35.3 Å². The zero-order valence-electron chi connectivity index (χ0n) is 15.8. The van der Waals surface area contributed by atoms with E-state index in [0.717, 1.165) is 12.8 Å². The smallest absolute Gasteiger partial charge is 0.193 e. The van der Waals surface area contributed by atoms with Gasteiger partial charge in [-0.1, -0.05) is 67.4 Å². The highest BCUT2D eigenvalue weighted by Crippen LogP contribution is 2.48. The van der Waals surface area contributed by atoms with Gasteiger partial charge in [0.2, 0.25) is 0 Å². The van der Waals surface area contributed by atoms with Gasteiger partial charge in [0, 0.05) is 11.1 Å². The SMILES string of the molecule is O=C(c1ccccc1)c1ccc(C2(S(=O)(=O)c3ccc(F)cc3)CCCC2)cc1. The molecule has 0 N–H and O–H groups in total. The number of carbonyl (C=O) groups is 1. The maximum absolute atomic E-state index is 13.5. The van der Waals surface area contributed by atoms with Crippen molar-refractivity contribution in [1.82, 2.24) is 0 Å². The molecule has 1 aliphatic carbocycles. The van der Waals surface area contributed by atoms with Crippen molar-refractivity contribution in [2.75, 3.05) is 0 Å². The summed E-state index contributed by atoms with van der Waals surface area (Å²) >= 11 is 0. The van der Waals surface area contributed by atoms with E-state index in [2.05, 4.69) is 0 Å². The third-order valence-corrected chi connectivity index (χ3v) is 8.32. The molecule has 148 valence electrons. The fourth-order valence-electron chi connectivity index (χ4n) is 4.18. The number of ketones is 1. The summed E-state index contributed by atoms with van der Waals surface area (Å²) in [5, 5.41) is 0. The average molecular weight is 408 g/mol. The lowest BCUT2D eigenvalue weighted by Crippen LogP contribution is -2.33. The minimum atomic E-state index is -3.71. The topological polar surface area (TPSA) is 51.2 Å². The maximum Gasteiger partial charge on any atom is 0.193 e. The summed E-state index contributed by atoms with van der Waals surface area (Å²) in [7, 11) is -3.71. The van der Waals surface area contributed by atoms with Crippen LogP contribution in [0.25, 0.3) is 0 Å². The Morgan fingerprint density at radius 3 is 1.90 bits per heavy atom. The lowest BCUT2D eigenvalue weighted by atomic mass is 9.94. The molecular formula is C24H21FO3S. The van der Waals surface area contributed by atoms with Crippen LogP contribution in [-0.2, 0) is 14.6 Å². The molecule has 3 aromatic rings. The van der Waals surface area contributed by atoms with Crippen LogP contribution in [0.3, 0.4) is 0 Å². The molecule has 3 nitrogen and oxygen atoms in total. The molecule has 0 bridgehead atoms. The van der Waals surface area contributed by atoms with Crippen molar-refractivity contribution in [2.24, 2.45) is 0 Å². The van der Waals surface area contributed by atoms with E-state index in [0.29, 0.717) is 29.5 Å². The van der Waals surface area contributed by atoms with Gasteiger partial charge in [-0.3, -0.25) is 4.79 Å². The highest BCUT2D eigenvalue weighted by Gasteiger charge is 2.48. The molecule has 0 aliphatic heterocycles. The van der Waals surface area contributed by atoms with E-state index in [1.165, 1.54) is 24.3 Å². The number of rotatable bonds is 5. The molecule has 1 aliphatic rings. The maximum atomic E-state index is 13.5. The first-order chi connectivity index (χ1) is 13.9. The molecule has 3 aromatic carbocycles. The van der Waals surface area contributed by atoms with E-state index >= 15 is 0 Å². The molecule has 5 heteroatoms. The molecule has 1 saturated carbocycles.